The zero-order valence-electron chi connectivity index (χ0n) is 11.1. The maximum atomic E-state index is 12.9. The molecule has 0 radical (unpaired) electrons. The van der Waals surface area contributed by atoms with E-state index in [2.05, 4.69) is 15.3 Å². The molecule has 0 saturated heterocycles. The molecule has 0 saturated carbocycles. The van der Waals surface area contributed by atoms with E-state index >= 15 is 0 Å². The van der Waals surface area contributed by atoms with Gasteiger partial charge in [0, 0.05) is 24.2 Å². The molecule has 3 rings (SSSR count). The molecule has 0 fully saturated rings. The van der Waals surface area contributed by atoms with E-state index < -0.39 is 6.09 Å². The number of nitrogens with zero attached hydrogens (tertiary/aromatic N) is 3. The molecule has 1 aromatic carbocycles. The van der Waals surface area contributed by atoms with Gasteiger partial charge in [0.2, 0.25) is 0 Å². The number of halogens is 1. The molecule has 0 atom stereocenters. The second-order valence-corrected chi connectivity index (χ2v) is 4.73. The van der Waals surface area contributed by atoms with Crippen molar-refractivity contribution < 1.29 is 14.3 Å². The summed E-state index contributed by atoms with van der Waals surface area (Å²) in [5.74, 6) is 0.236. The summed E-state index contributed by atoms with van der Waals surface area (Å²) in [6, 6.07) is 5.89. The normalized spacial score (nSPS) is 13.7. The largest absolute Gasteiger partial charge is 0.465 e. The third-order valence-electron chi connectivity index (χ3n) is 3.38. The maximum absolute atomic E-state index is 12.9. The molecule has 1 aliphatic heterocycles. The zero-order chi connectivity index (χ0) is 14.8. The highest BCUT2D eigenvalue weighted by Gasteiger charge is 2.23. The highest BCUT2D eigenvalue weighted by molar-refractivity contribution is 5.67. The Bertz CT molecular complexity index is 675. The summed E-state index contributed by atoms with van der Waals surface area (Å²) >= 11 is 0. The Morgan fingerprint density at radius 3 is 2.76 bits per heavy atom. The first-order valence-corrected chi connectivity index (χ1v) is 6.46. The van der Waals surface area contributed by atoms with Crippen LogP contribution in [0.5, 0.6) is 0 Å². The number of amides is 1. The monoisotopic (exact) mass is 288 g/mol. The fraction of sp³-hybridized carbons (Fsp3) is 0.214. The molecular weight excluding hydrogens is 275 g/mol. The molecule has 0 aliphatic carbocycles. The molecule has 1 aliphatic rings. The summed E-state index contributed by atoms with van der Waals surface area (Å²) in [5, 5.41) is 12.2. The molecule has 0 unspecified atom stereocenters. The SMILES string of the molecule is O=C(O)N1CCc2ncnc(Nc3ccc(F)cc3)c2C1. The third-order valence-corrected chi connectivity index (χ3v) is 3.38. The first-order chi connectivity index (χ1) is 10.1. The van der Waals surface area contributed by atoms with Crippen LogP contribution in [0.1, 0.15) is 11.3 Å². The summed E-state index contributed by atoms with van der Waals surface area (Å²) in [4.78, 5) is 20.8. The fourth-order valence-corrected chi connectivity index (χ4v) is 2.28. The molecule has 0 spiro atoms. The van der Waals surface area contributed by atoms with E-state index in [4.69, 9.17) is 5.11 Å². The lowest BCUT2D eigenvalue weighted by Crippen LogP contribution is -2.35. The molecule has 0 bridgehead atoms. The van der Waals surface area contributed by atoms with E-state index in [0.717, 1.165) is 11.3 Å². The summed E-state index contributed by atoms with van der Waals surface area (Å²) in [6.45, 7) is 0.671. The van der Waals surface area contributed by atoms with E-state index in [1.807, 2.05) is 0 Å². The van der Waals surface area contributed by atoms with Crippen LogP contribution in [0.2, 0.25) is 0 Å². The van der Waals surface area contributed by atoms with Gasteiger partial charge in [-0.05, 0) is 24.3 Å². The van der Waals surface area contributed by atoms with Gasteiger partial charge in [0.15, 0.2) is 0 Å². The number of rotatable bonds is 2. The number of nitrogens with one attached hydrogen (secondary N) is 1. The third kappa shape index (κ3) is 2.76. The maximum Gasteiger partial charge on any atom is 0.407 e. The predicted octanol–water partition coefficient (Wildman–Crippen LogP) is 2.40. The van der Waals surface area contributed by atoms with Gasteiger partial charge in [0.05, 0.1) is 12.2 Å². The van der Waals surface area contributed by atoms with E-state index in [9.17, 15) is 9.18 Å². The van der Waals surface area contributed by atoms with Crippen molar-refractivity contribution in [3.05, 3.63) is 47.7 Å². The van der Waals surface area contributed by atoms with E-state index in [-0.39, 0.29) is 12.4 Å². The number of hydrogen-bond acceptors (Lipinski definition) is 4. The first kappa shape index (κ1) is 13.3. The van der Waals surface area contributed by atoms with Crippen molar-refractivity contribution in [2.45, 2.75) is 13.0 Å². The Hall–Kier alpha value is -2.70. The van der Waals surface area contributed by atoms with Gasteiger partial charge in [-0.25, -0.2) is 19.2 Å². The van der Waals surface area contributed by atoms with Crippen LogP contribution < -0.4 is 5.32 Å². The lowest BCUT2D eigenvalue weighted by molar-refractivity contribution is 0.139. The second kappa shape index (κ2) is 5.35. The second-order valence-electron chi connectivity index (χ2n) is 4.73. The predicted molar refractivity (Wildman–Crippen MR) is 73.9 cm³/mol. The van der Waals surface area contributed by atoms with Crippen LogP contribution in [-0.4, -0.2) is 32.6 Å². The Morgan fingerprint density at radius 2 is 2.05 bits per heavy atom. The minimum atomic E-state index is -0.961. The van der Waals surface area contributed by atoms with Gasteiger partial charge in [-0.2, -0.15) is 0 Å². The van der Waals surface area contributed by atoms with E-state index in [1.54, 1.807) is 12.1 Å². The molecule has 2 heterocycles. The number of hydrogen-bond donors (Lipinski definition) is 2. The molecule has 2 N–H and O–H groups in total. The minimum Gasteiger partial charge on any atom is -0.465 e. The van der Waals surface area contributed by atoms with Crippen molar-refractivity contribution in [2.24, 2.45) is 0 Å². The molecule has 108 valence electrons. The van der Waals surface area contributed by atoms with Crippen LogP contribution >= 0.6 is 0 Å². The average Bonchev–Trinajstić information content (AvgIpc) is 2.49. The molecule has 7 heteroatoms. The van der Waals surface area contributed by atoms with Crippen molar-refractivity contribution in [1.82, 2.24) is 14.9 Å². The van der Waals surface area contributed by atoms with Crippen molar-refractivity contribution in [1.29, 1.82) is 0 Å². The minimum absolute atomic E-state index is 0.245. The van der Waals surface area contributed by atoms with Crippen LogP contribution in [-0.2, 0) is 13.0 Å². The molecule has 2 aromatic rings. The lowest BCUT2D eigenvalue weighted by Gasteiger charge is -2.26. The van der Waals surface area contributed by atoms with Crippen LogP contribution in [0.4, 0.5) is 20.7 Å². The summed E-state index contributed by atoms with van der Waals surface area (Å²) in [5.41, 5.74) is 2.28. The first-order valence-electron chi connectivity index (χ1n) is 6.46. The van der Waals surface area contributed by atoms with Crippen molar-refractivity contribution in [2.75, 3.05) is 11.9 Å². The van der Waals surface area contributed by atoms with Gasteiger partial charge in [0.1, 0.15) is 18.0 Å². The Balaban J connectivity index is 1.90. The fourth-order valence-electron chi connectivity index (χ4n) is 2.28. The number of benzene rings is 1. The highest BCUT2D eigenvalue weighted by atomic mass is 19.1. The van der Waals surface area contributed by atoms with Gasteiger partial charge < -0.3 is 15.3 Å². The van der Waals surface area contributed by atoms with Crippen molar-refractivity contribution in [3.63, 3.8) is 0 Å². The summed E-state index contributed by atoms with van der Waals surface area (Å²) in [7, 11) is 0. The van der Waals surface area contributed by atoms with Crippen LogP contribution in [0.3, 0.4) is 0 Å². The highest BCUT2D eigenvalue weighted by Crippen LogP contribution is 2.25. The summed E-state index contributed by atoms with van der Waals surface area (Å²) in [6.07, 6.45) is 1.04. The van der Waals surface area contributed by atoms with Crippen molar-refractivity contribution >= 4 is 17.6 Å². The number of anilines is 2. The zero-order valence-corrected chi connectivity index (χ0v) is 11.1. The summed E-state index contributed by atoms with van der Waals surface area (Å²) < 4.78 is 12.9. The van der Waals surface area contributed by atoms with Gasteiger partial charge in [-0.1, -0.05) is 0 Å². The number of carbonyl (C=O) groups is 1. The van der Waals surface area contributed by atoms with Gasteiger partial charge >= 0.3 is 6.09 Å². The number of fused-ring (bicyclic) bond motifs is 1. The molecule has 1 aromatic heterocycles. The van der Waals surface area contributed by atoms with Gasteiger partial charge in [-0.15, -0.1) is 0 Å². The molecular formula is C14H13FN4O2. The molecule has 1 amide bonds. The Morgan fingerprint density at radius 1 is 1.29 bits per heavy atom. The average molecular weight is 288 g/mol. The lowest BCUT2D eigenvalue weighted by atomic mass is 10.1. The van der Waals surface area contributed by atoms with E-state index in [0.29, 0.717) is 24.5 Å². The quantitative estimate of drug-likeness (QED) is 0.887. The molecule has 6 nitrogen and oxygen atoms in total. The number of carboxylic acid groups (broad SMARTS) is 1. The van der Waals surface area contributed by atoms with Crippen LogP contribution in [0.25, 0.3) is 0 Å². The van der Waals surface area contributed by atoms with Gasteiger partial charge in [0.25, 0.3) is 0 Å². The van der Waals surface area contributed by atoms with E-state index in [1.165, 1.54) is 23.4 Å². The van der Waals surface area contributed by atoms with Gasteiger partial charge in [-0.3, -0.25) is 0 Å². The molecule has 21 heavy (non-hydrogen) atoms. The Kier molecular flexibility index (Phi) is 3.39. The number of aromatic nitrogens is 2. The Labute approximate surface area is 120 Å². The van der Waals surface area contributed by atoms with Crippen molar-refractivity contribution in [3.8, 4) is 0 Å². The smallest absolute Gasteiger partial charge is 0.407 e. The standard InChI is InChI=1S/C14H13FN4O2/c15-9-1-3-10(4-2-9)18-13-11-7-19(14(20)21)6-5-12(11)16-8-17-13/h1-4,8H,5-7H2,(H,20,21)(H,16,17,18). The van der Waals surface area contributed by atoms with Crippen LogP contribution in [0.15, 0.2) is 30.6 Å². The topological polar surface area (TPSA) is 78.3 Å². The van der Waals surface area contributed by atoms with Crippen LogP contribution in [0, 0.1) is 5.82 Å².